The van der Waals surface area contributed by atoms with Crippen LogP contribution in [0, 0.1) is 0 Å². The third-order valence-electron chi connectivity index (χ3n) is 3.42. The Labute approximate surface area is 149 Å². The molecule has 1 heterocycles. The van der Waals surface area contributed by atoms with Crippen LogP contribution >= 0.6 is 15.9 Å². The number of benzene rings is 2. The van der Waals surface area contributed by atoms with Crippen LogP contribution in [0.3, 0.4) is 0 Å². The number of fused-ring (bicyclic) bond motifs is 1. The molecule has 0 unspecified atom stereocenters. The first kappa shape index (κ1) is 16.5. The molecule has 0 saturated heterocycles. The molecule has 0 saturated carbocycles. The molecule has 5 nitrogen and oxygen atoms in total. The first-order valence-electron chi connectivity index (χ1n) is 7.49. The second kappa shape index (κ2) is 7.97. The van der Waals surface area contributed by atoms with Crippen molar-refractivity contribution in [3.63, 3.8) is 0 Å². The van der Waals surface area contributed by atoms with Crippen LogP contribution in [0.5, 0.6) is 17.2 Å². The number of rotatable bonds is 6. The minimum Gasteiger partial charge on any atom is -0.496 e. The molecule has 24 heavy (non-hydrogen) atoms. The quantitative estimate of drug-likeness (QED) is 0.559. The zero-order valence-corrected chi connectivity index (χ0v) is 14.8. The summed E-state index contributed by atoms with van der Waals surface area (Å²) in [6, 6.07) is 11.6. The number of hydrogen-bond donors (Lipinski definition) is 0. The molecule has 1 aliphatic rings. The number of ether oxygens (including phenoxy) is 3. The highest BCUT2D eigenvalue weighted by Gasteiger charge is 2.12. The lowest BCUT2D eigenvalue weighted by Crippen LogP contribution is -1.93. The van der Waals surface area contributed by atoms with E-state index in [0.717, 1.165) is 32.8 Å². The van der Waals surface area contributed by atoms with Crippen LogP contribution in [0.15, 0.2) is 50.9 Å². The highest BCUT2D eigenvalue weighted by atomic mass is 79.9. The van der Waals surface area contributed by atoms with E-state index >= 15 is 0 Å². The summed E-state index contributed by atoms with van der Waals surface area (Å²) >= 11 is 3.45. The third-order valence-corrected chi connectivity index (χ3v) is 3.91. The van der Waals surface area contributed by atoms with Gasteiger partial charge >= 0.3 is 0 Å². The van der Waals surface area contributed by atoms with E-state index in [1.54, 1.807) is 13.3 Å². The molecule has 0 radical (unpaired) electrons. The lowest BCUT2D eigenvalue weighted by Gasteiger charge is -2.04. The minimum atomic E-state index is 0.281. The van der Waals surface area contributed by atoms with Gasteiger partial charge in [-0.25, -0.2) is 0 Å². The molecule has 0 aromatic heterocycles. The summed E-state index contributed by atoms with van der Waals surface area (Å²) in [7, 11) is 1.65. The monoisotopic (exact) mass is 388 g/mol. The van der Waals surface area contributed by atoms with Crippen molar-refractivity contribution >= 4 is 28.4 Å². The number of hydrogen-bond acceptors (Lipinski definition) is 5. The van der Waals surface area contributed by atoms with Gasteiger partial charge < -0.3 is 14.2 Å². The molecule has 0 spiro atoms. The summed E-state index contributed by atoms with van der Waals surface area (Å²) < 4.78 is 16.9. The van der Waals surface area contributed by atoms with Crippen molar-refractivity contribution in [2.45, 2.75) is 0 Å². The van der Waals surface area contributed by atoms with Crippen molar-refractivity contribution in [2.24, 2.45) is 9.98 Å². The maximum atomic E-state index is 5.34. The standard InChI is InChI=1S/C18H17BrN2O3/c1-22-16-5-3-15(19)9-14(16)11-21-7-6-20-10-13-2-4-17-18(8-13)24-12-23-17/h2-5,8-11H,6-7,12H2,1H3. The molecule has 6 heteroatoms. The van der Waals surface area contributed by atoms with Gasteiger partial charge in [-0.3, -0.25) is 9.98 Å². The molecule has 0 N–H and O–H groups in total. The van der Waals surface area contributed by atoms with E-state index in [-0.39, 0.29) is 6.79 Å². The number of methoxy groups -OCH3 is 1. The SMILES string of the molecule is COc1ccc(Br)cc1C=NCCN=Cc1ccc2c(c1)OCO2. The van der Waals surface area contributed by atoms with Gasteiger partial charge in [0, 0.05) is 22.5 Å². The highest BCUT2D eigenvalue weighted by Crippen LogP contribution is 2.31. The molecule has 0 amide bonds. The average molecular weight is 389 g/mol. The Hall–Kier alpha value is -2.34. The van der Waals surface area contributed by atoms with E-state index in [1.165, 1.54) is 0 Å². The van der Waals surface area contributed by atoms with Crippen molar-refractivity contribution < 1.29 is 14.2 Å². The molecule has 0 atom stereocenters. The van der Waals surface area contributed by atoms with E-state index in [0.29, 0.717) is 13.1 Å². The average Bonchev–Trinajstić information content (AvgIpc) is 3.06. The topological polar surface area (TPSA) is 52.4 Å². The Morgan fingerprint density at radius 1 is 1.04 bits per heavy atom. The molecule has 0 fully saturated rings. The second-order valence-corrected chi connectivity index (χ2v) is 5.99. The largest absolute Gasteiger partial charge is 0.496 e. The van der Waals surface area contributed by atoms with Crippen LogP contribution in [0.4, 0.5) is 0 Å². The summed E-state index contributed by atoms with van der Waals surface area (Å²) in [5.41, 5.74) is 1.92. The fourth-order valence-electron chi connectivity index (χ4n) is 2.25. The van der Waals surface area contributed by atoms with E-state index in [4.69, 9.17) is 14.2 Å². The van der Waals surface area contributed by atoms with Gasteiger partial charge in [-0.05, 0) is 42.0 Å². The van der Waals surface area contributed by atoms with Gasteiger partial charge in [0.15, 0.2) is 11.5 Å². The van der Waals surface area contributed by atoms with E-state index < -0.39 is 0 Å². The maximum Gasteiger partial charge on any atom is 0.231 e. The molecule has 2 aromatic carbocycles. The Kier molecular flexibility index (Phi) is 5.48. The normalized spacial score (nSPS) is 13.1. The van der Waals surface area contributed by atoms with Crippen LogP contribution in [-0.4, -0.2) is 39.4 Å². The fraction of sp³-hybridized carbons (Fsp3) is 0.222. The van der Waals surface area contributed by atoms with Crippen molar-refractivity contribution in [1.82, 2.24) is 0 Å². The smallest absolute Gasteiger partial charge is 0.231 e. The Morgan fingerprint density at radius 3 is 2.67 bits per heavy atom. The van der Waals surface area contributed by atoms with Crippen molar-refractivity contribution in [1.29, 1.82) is 0 Å². The molecule has 124 valence electrons. The zero-order valence-electron chi connectivity index (χ0n) is 13.2. The predicted octanol–water partition coefficient (Wildman–Crippen LogP) is 3.72. The molecule has 1 aliphatic heterocycles. The van der Waals surface area contributed by atoms with Crippen LogP contribution in [-0.2, 0) is 0 Å². The maximum absolute atomic E-state index is 5.34. The van der Waals surface area contributed by atoms with Gasteiger partial charge in [0.1, 0.15) is 5.75 Å². The van der Waals surface area contributed by atoms with Crippen molar-refractivity contribution in [3.05, 3.63) is 52.0 Å². The molecular formula is C18H17BrN2O3. The highest BCUT2D eigenvalue weighted by molar-refractivity contribution is 9.10. The first-order chi connectivity index (χ1) is 11.8. The third kappa shape index (κ3) is 4.14. The summed E-state index contributed by atoms with van der Waals surface area (Å²) in [5.74, 6) is 2.34. The van der Waals surface area contributed by atoms with E-state index in [1.807, 2.05) is 42.6 Å². The van der Waals surface area contributed by atoms with Crippen molar-refractivity contribution in [2.75, 3.05) is 27.0 Å². The fourth-order valence-corrected chi connectivity index (χ4v) is 2.63. The van der Waals surface area contributed by atoms with Crippen LogP contribution < -0.4 is 14.2 Å². The van der Waals surface area contributed by atoms with Gasteiger partial charge in [0.2, 0.25) is 6.79 Å². The minimum absolute atomic E-state index is 0.281. The zero-order chi connectivity index (χ0) is 16.8. The van der Waals surface area contributed by atoms with E-state index in [2.05, 4.69) is 25.9 Å². The first-order valence-corrected chi connectivity index (χ1v) is 8.28. The predicted molar refractivity (Wildman–Crippen MR) is 98.2 cm³/mol. The van der Waals surface area contributed by atoms with Gasteiger partial charge in [0.25, 0.3) is 0 Å². The molecule has 2 aromatic rings. The molecule has 0 aliphatic carbocycles. The summed E-state index contributed by atoms with van der Waals surface area (Å²) in [5, 5.41) is 0. The Bertz CT molecular complexity index is 775. The summed E-state index contributed by atoms with van der Waals surface area (Å²) in [6.07, 6.45) is 3.62. The lowest BCUT2D eigenvalue weighted by molar-refractivity contribution is 0.174. The molecule has 3 rings (SSSR count). The number of aliphatic imine (C=N–C) groups is 2. The van der Waals surface area contributed by atoms with Crippen LogP contribution in [0.2, 0.25) is 0 Å². The molecule has 0 bridgehead atoms. The number of halogens is 1. The molecular weight excluding hydrogens is 372 g/mol. The number of nitrogens with zero attached hydrogens (tertiary/aromatic N) is 2. The Balaban J connectivity index is 1.52. The summed E-state index contributed by atoms with van der Waals surface area (Å²) in [4.78, 5) is 8.78. The van der Waals surface area contributed by atoms with Gasteiger partial charge in [-0.15, -0.1) is 0 Å². The Morgan fingerprint density at radius 2 is 1.83 bits per heavy atom. The second-order valence-electron chi connectivity index (χ2n) is 5.07. The van der Waals surface area contributed by atoms with Gasteiger partial charge in [-0.2, -0.15) is 0 Å². The summed E-state index contributed by atoms with van der Waals surface area (Å²) in [6.45, 7) is 1.50. The van der Waals surface area contributed by atoms with Gasteiger partial charge in [0.05, 0.1) is 20.2 Å². The van der Waals surface area contributed by atoms with Crippen LogP contribution in [0.1, 0.15) is 11.1 Å². The van der Waals surface area contributed by atoms with Crippen molar-refractivity contribution in [3.8, 4) is 17.2 Å². The van der Waals surface area contributed by atoms with Crippen LogP contribution in [0.25, 0.3) is 0 Å². The lowest BCUT2D eigenvalue weighted by atomic mass is 10.2. The van der Waals surface area contributed by atoms with E-state index in [9.17, 15) is 0 Å². The van der Waals surface area contributed by atoms with Gasteiger partial charge in [-0.1, -0.05) is 15.9 Å².